The molecule has 0 amide bonds. The van der Waals surface area contributed by atoms with Crippen LogP contribution in [0.3, 0.4) is 0 Å². The van der Waals surface area contributed by atoms with Crippen molar-refractivity contribution >= 4 is 11.6 Å². The number of fused-ring (bicyclic) bond motifs is 1. The highest BCUT2D eigenvalue weighted by Crippen LogP contribution is 2.35. The maximum atomic E-state index is 6.43. The Kier molecular flexibility index (Phi) is 3.57. The van der Waals surface area contributed by atoms with Crippen molar-refractivity contribution in [3.63, 3.8) is 0 Å². The monoisotopic (exact) mass is 331 g/mol. The number of benzene rings is 2. The number of hydrogen-bond donors (Lipinski definition) is 1. The van der Waals surface area contributed by atoms with Crippen molar-refractivity contribution in [1.82, 2.24) is 19.6 Å². The molecule has 6 nitrogen and oxygen atoms in total. The van der Waals surface area contributed by atoms with E-state index >= 15 is 0 Å². The van der Waals surface area contributed by atoms with Gasteiger partial charge in [-0.1, -0.05) is 48.5 Å². The molecule has 25 heavy (non-hydrogen) atoms. The molecule has 0 aliphatic heterocycles. The molecule has 2 N–H and O–H groups in total. The van der Waals surface area contributed by atoms with Crippen molar-refractivity contribution in [2.45, 2.75) is 6.92 Å². The summed E-state index contributed by atoms with van der Waals surface area (Å²) in [5.41, 5.74) is 9.81. The van der Waals surface area contributed by atoms with E-state index < -0.39 is 0 Å². The van der Waals surface area contributed by atoms with Gasteiger partial charge in [0.1, 0.15) is 11.6 Å². The van der Waals surface area contributed by atoms with Gasteiger partial charge < -0.3 is 10.5 Å². The molecule has 0 spiro atoms. The number of nitrogens with two attached hydrogens (primary N) is 1. The van der Waals surface area contributed by atoms with E-state index in [2.05, 4.69) is 15.1 Å². The van der Waals surface area contributed by atoms with Crippen LogP contribution in [0.4, 0.5) is 5.82 Å². The smallest absolute Gasteiger partial charge is 0.254 e. The second-order valence-corrected chi connectivity index (χ2v) is 5.67. The van der Waals surface area contributed by atoms with Crippen molar-refractivity contribution in [3.05, 3.63) is 60.3 Å². The van der Waals surface area contributed by atoms with E-state index in [4.69, 9.17) is 10.5 Å². The molecule has 6 heteroatoms. The molecule has 4 rings (SSSR count). The molecule has 0 saturated carbocycles. The number of nitrogens with zero attached hydrogens (tertiary/aromatic N) is 4. The molecular weight excluding hydrogens is 314 g/mol. The summed E-state index contributed by atoms with van der Waals surface area (Å²) in [7, 11) is 1.64. The summed E-state index contributed by atoms with van der Waals surface area (Å²) < 4.78 is 7.05. The molecule has 2 aromatic carbocycles. The molecule has 0 bridgehead atoms. The van der Waals surface area contributed by atoms with Gasteiger partial charge in [-0.25, -0.2) is 4.98 Å². The summed E-state index contributed by atoms with van der Waals surface area (Å²) in [5, 5.41) is 4.54. The first-order valence-corrected chi connectivity index (χ1v) is 7.90. The first-order chi connectivity index (χ1) is 12.2. The summed E-state index contributed by atoms with van der Waals surface area (Å²) >= 11 is 0. The average Bonchev–Trinajstić information content (AvgIpc) is 3.07. The Morgan fingerprint density at radius 2 is 1.68 bits per heavy atom. The molecule has 124 valence electrons. The lowest BCUT2D eigenvalue weighted by atomic mass is 10.0. The molecule has 2 heterocycles. The zero-order chi connectivity index (χ0) is 17.4. The lowest BCUT2D eigenvalue weighted by molar-refractivity contribution is 0.416. The zero-order valence-corrected chi connectivity index (χ0v) is 14.0. The Labute approximate surface area is 144 Å². The van der Waals surface area contributed by atoms with E-state index in [1.54, 1.807) is 11.6 Å². The molecule has 0 unspecified atom stereocenters. The minimum absolute atomic E-state index is 0.479. The largest absolute Gasteiger partial charge is 0.496 e. The number of aromatic nitrogens is 4. The molecular formula is C19H17N5O. The number of anilines is 1. The number of hydrogen-bond acceptors (Lipinski definition) is 5. The van der Waals surface area contributed by atoms with E-state index in [9.17, 15) is 0 Å². The quantitative estimate of drug-likeness (QED) is 0.623. The molecule has 4 aromatic rings. The van der Waals surface area contributed by atoms with Gasteiger partial charge in [0, 0.05) is 16.7 Å². The average molecular weight is 331 g/mol. The Bertz CT molecular complexity index is 1060. The maximum absolute atomic E-state index is 6.43. The minimum atomic E-state index is 0.479. The summed E-state index contributed by atoms with van der Waals surface area (Å²) in [5.74, 6) is 2.30. The third-order valence-corrected chi connectivity index (χ3v) is 4.11. The third-order valence-electron chi connectivity index (χ3n) is 4.11. The van der Waals surface area contributed by atoms with Crippen LogP contribution in [0, 0.1) is 6.92 Å². The van der Waals surface area contributed by atoms with Crippen molar-refractivity contribution in [2.24, 2.45) is 0 Å². The van der Waals surface area contributed by atoms with Crippen molar-refractivity contribution < 1.29 is 4.74 Å². The van der Waals surface area contributed by atoms with E-state index in [1.165, 1.54) is 0 Å². The molecule has 2 aromatic heterocycles. The van der Waals surface area contributed by atoms with Gasteiger partial charge in [-0.2, -0.15) is 9.50 Å². The van der Waals surface area contributed by atoms with Crippen LogP contribution in [0.25, 0.3) is 28.3 Å². The van der Waals surface area contributed by atoms with E-state index in [0.717, 1.165) is 28.1 Å². The number of para-hydroxylation sites is 1. The van der Waals surface area contributed by atoms with Crippen LogP contribution in [0.1, 0.15) is 5.69 Å². The fourth-order valence-corrected chi connectivity index (χ4v) is 2.93. The molecule has 0 aliphatic carbocycles. The SMILES string of the molecule is COc1ccccc1-c1c(C)nc2nc(-c3ccccc3)nn2c1N. The van der Waals surface area contributed by atoms with Crippen LogP contribution in [0.2, 0.25) is 0 Å². The van der Waals surface area contributed by atoms with Gasteiger partial charge in [0.2, 0.25) is 0 Å². The topological polar surface area (TPSA) is 78.3 Å². The Morgan fingerprint density at radius 1 is 0.960 bits per heavy atom. The van der Waals surface area contributed by atoms with Gasteiger partial charge in [-0.15, -0.1) is 5.10 Å². The second kappa shape index (κ2) is 5.90. The van der Waals surface area contributed by atoms with Gasteiger partial charge in [-0.3, -0.25) is 0 Å². The van der Waals surface area contributed by atoms with Crippen LogP contribution in [0.5, 0.6) is 5.75 Å². The van der Waals surface area contributed by atoms with Gasteiger partial charge in [0.25, 0.3) is 5.78 Å². The normalized spacial score (nSPS) is 11.0. The van der Waals surface area contributed by atoms with Gasteiger partial charge in [0.15, 0.2) is 5.82 Å². The van der Waals surface area contributed by atoms with Gasteiger partial charge in [0.05, 0.1) is 12.8 Å². The fraction of sp³-hybridized carbons (Fsp3) is 0.105. The second-order valence-electron chi connectivity index (χ2n) is 5.67. The summed E-state index contributed by atoms with van der Waals surface area (Å²) in [4.78, 5) is 9.10. The Morgan fingerprint density at radius 3 is 2.44 bits per heavy atom. The third kappa shape index (κ3) is 2.48. The predicted octanol–water partition coefficient (Wildman–Crippen LogP) is 3.36. The molecule has 0 radical (unpaired) electrons. The number of methoxy groups -OCH3 is 1. The minimum Gasteiger partial charge on any atom is -0.496 e. The Balaban J connectivity index is 1.95. The van der Waals surface area contributed by atoms with Crippen LogP contribution < -0.4 is 10.5 Å². The highest BCUT2D eigenvalue weighted by Gasteiger charge is 2.18. The van der Waals surface area contributed by atoms with E-state index in [0.29, 0.717) is 17.4 Å². The highest BCUT2D eigenvalue weighted by molar-refractivity contribution is 5.81. The molecule has 0 fully saturated rings. The van der Waals surface area contributed by atoms with Crippen molar-refractivity contribution in [2.75, 3.05) is 12.8 Å². The van der Waals surface area contributed by atoms with Crippen molar-refractivity contribution in [3.8, 4) is 28.3 Å². The lowest BCUT2D eigenvalue weighted by Gasteiger charge is -2.13. The summed E-state index contributed by atoms with van der Waals surface area (Å²) in [6.07, 6.45) is 0. The first-order valence-electron chi connectivity index (χ1n) is 7.90. The zero-order valence-electron chi connectivity index (χ0n) is 14.0. The molecule has 0 atom stereocenters. The van der Waals surface area contributed by atoms with E-state index in [-0.39, 0.29) is 0 Å². The lowest BCUT2D eigenvalue weighted by Crippen LogP contribution is -2.06. The van der Waals surface area contributed by atoms with Crippen LogP contribution >= 0.6 is 0 Å². The van der Waals surface area contributed by atoms with Crippen LogP contribution in [-0.2, 0) is 0 Å². The number of rotatable bonds is 3. The first kappa shape index (κ1) is 15.1. The summed E-state index contributed by atoms with van der Waals surface area (Å²) in [6.45, 7) is 1.91. The number of nitrogen functional groups attached to an aromatic ring is 1. The van der Waals surface area contributed by atoms with Crippen LogP contribution in [-0.4, -0.2) is 26.7 Å². The fourth-order valence-electron chi connectivity index (χ4n) is 2.93. The molecule has 0 saturated heterocycles. The highest BCUT2D eigenvalue weighted by atomic mass is 16.5. The number of ether oxygens (including phenoxy) is 1. The van der Waals surface area contributed by atoms with E-state index in [1.807, 2.05) is 61.5 Å². The van der Waals surface area contributed by atoms with Crippen LogP contribution in [0.15, 0.2) is 54.6 Å². The van der Waals surface area contributed by atoms with Crippen molar-refractivity contribution in [1.29, 1.82) is 0 Å². The summed E-state index contributed by atoms with van der Waals surface area (Å²) in [6, 6.07) is 17.5. The van der Waals surface area contributed by atoms with Gasteiger partial charge in [-0.05, 0) is 13.0 Å². The number of aryl methyl sites for hydroxylation is 1. The standard InChI is InChI=1S/C19H17N5O/c1-12-16(14-10-6-7-11-15(14)25-2)17(20)24-19(21-12)22-18(23-24)13-8-4-3-5-9-13/h3-11H,20H2,1-2H3. The Hall–Kier alpha value is -3.41. The van der Waals surface area contributed by atoms with Gasteiger partial charge >= 0.3 is 0 Å². The molecule has 0 aliphatic rings. The predicted molar refractivity (Wildman–Crippen MR) is 97.4 cm³/mol. The maximum Gasteiger partial charge on any atom is 0.254 e.